The number of halogens is 2. The van der Waals surface area contributed by atoms with Crippen LogP contribution in [-0.2, 0) is 6.42 Å². The number of H-pyrrole nitrogens is 1. The number of rotatable bonds is 5. The van der Waals surface area contributed by atoms with E-state index in [4.69, 9.17) is 0 Å². The minimum atomic E-state index is -0.599. The van der Waals surface area contributed by atoms with Crippen LogP contribution in [0.3, 0.4) is 0 Å². The summed E-state index contributed by atoms with van der Waals surface area (Å²) in [5, 5.41) is 17.9. The van der Waals surface area contributed by atoms with E-state index in [-0.39, 0.29) is 29.8 Å². The largest absolute Gasteiger partial charge is 0.388 e. The number of fused-ring (bicyclic) bond motifs is 1. The van der Waals surface area contributed by atoms with Gasteiger partial charge >= 0.3 is 0 Å². The summed E-state index contributed by atoms with van der Waals surface area (Å²) < 4.78 is 13.2. The number of benzene rings is 1. The Kier molecular flexibility index (Phi) is 7.06. The maximum atomic E-state index is 13.2. The van der Waals surface area contributed by atoms with Crippen LogP contribution in [0.2, 0.25) is 0 Å². The lowest BCUT2D eigenvalue weighted by atomic mass is 10.0. The molecule has 1 saturated carbocycles. The minimum Gasteiger partial charge on any atom is -0.388 e. The number of nitrogens with zero attached hydrogens (tertiary/aromatic N) is 1. The van der Waals surface area contributed by atoms with Crippen LogP contribution >= 0.6 is 24.0 Å². The fraction of sp³-hybridized carbons (Fsp3) is 0.500. The molecule has 4 N–H and O–H groups in total. The summed E-state index contributed by atoms with van der Waals surface area (Å²) in [6.07, 6.45) is 6.60. The second kappa shape index (κ2) is 8.84. The van der Waals surface area contributed by atoms with Gasteiger partial charge in [0.1, 0.15) is 5.82 Å². The monoisotopic (exact) mass is 460 g/mol. The molecule has 1 aliphatic rings. The Morgan fingerprint density at radius 2 is 2.08 bits per heavy atom. The number of aromatic amines is 1. The average molecular weight is 460 g/mol. The third-order valence-electron chi connectivity index (χ3n) is 4.76. The smallest absolute Gasteiger partial charge is 0.191 e. The molecule has 1 aromatic heterocycles. The lowest BCUT2D eigenvalue weighted by molar-refractivity contribution is 0.0522. The highest BCUT2D eigenvalue weighted by Gasteiger charge is 2.30. The van der Waals surface area contributed by atoms with Gasteiger partial charge < -0.3 is 20.7 Å². The molecule has 0 bridgehead atoms. The van der Waals surface area contributed by atoms with Gasteiger partial charge in [-0.25, -0.2) is 4.39 Å². The molecule has 0 saturated heterocycles. The van der Waals surface area contributed by atoms with Gasteiger partial charge in [-0.15, -0.1) is 24.0 Å². The van der Waals surface area contributed by atoms with Gasteiger partial charge in [0, 0.05) is 37.2 Å². The Morgan fingerprint density at radius 1 is 1.32 bits per heavy atom. The van der Waals surface area contributed by atoms with Crippen LogP contribution in [-0.4, -0.2) is 41.8 Å². The predicted molar refractivity (Wildman–Crippen MR) is 110 cm³/mol. The number of hydrogen-bond acceptors (Lipinski definition) is 2. The van der Waals surface area contributed by atoms with Gasteiger partial charge in [0.15, 0.2) is 5.96 Å². The zero-order valence-corrected chi connectivity index (χ0v) is 16.8. The zero-order chi connectivity index (χ0) is 17.0. The highest BCUT2D eigenvalue weighted by atomic mass is 127. The first-order valence-corrected chi connectivity index (χ1v) is 8.52. The van der Waals surface area contributed by atoms with Crippen LogP contribution in [0.25, 0.3) is 10.9 Å². The van der Waals surface area contributed by atoms with Crippen molar-refractivity contribution in [3.05, 3.63) is 35.8 Å². The molecular weight excluding hydrogens is 434 g/mol. The SMILES string of the molecule is CN=C(NCCc1c[nH]c2cc(F)ccc12)NCC1(O)CCCC1.I. The third-order valence-corrected chi connectivity index (χ3v) is 4.76. The molecule has 2 aromatic rings. The zero-order valence-electron chi connectivity index (χ0n) is 14.4. The van der Waals surface area contributed by atoms with Crippen LogP contribution in [0, 0.1) is 5.82 Å². The molecule has 0 unspecified atom stereocenters. The van der Waals surface area contributed by atoms with Crippen LogP contribution in [0.1, 0.15) is 31.2 Å². The first kappa shape index (κ1) is 20.0. The second-order valence-electron chi connectivity index (χ2n) is 6.54. The summed E-state index contributed by atoms with van der Waals surface area (Å²) in [6.45, 7) is 1.24. The van der Waals surface area contributed by atoms with Gasteiger partial charge in [0.05, 0.1) is 5.60 Å². The van der Waals surface area contributed by atoms with E-state index in [1.54, 1.807) is 13.1 Å². The standard InChI is InChI=1S/C18H25FN4O.HI/c1-20-17(23-12-18(24)7-2-3-8-18)21-9-6-13-11-22-16-10-14(19)4-5-15(13)16;/h4-5,10-11,22,24H,2-3,6-9,12H2,1H3,(H2,20,21,23);1H. The van der Waals surface area contributed by atoms with E-state index in [1.165, 1.54) is 12.1 Å². The van der Waals surface area contributed by atoms with E-state index in [9.17, 15) is 9.50 Å². The van der Waals surface area contributed by atoms with E-state index in [1.807, 2.05) is 6.20 Å². The maximum absolute atomic E-state index is 13.2. The fourth-order valence-electron chi connectivity index (χ4n) is 3.36. The number of hydrogen-bond donors (Lipinski definition) is 4. The summed E-state index contributed by atoms with van der Waals surface area (Å²) in [4.78, 5) is 7.30. The summed E-state index contributed by atoms with van der Waals surface area (Å²) in [5.74, 6) is 0.463. The van der Waals surface area contributed by atoms with Crippen LogP contribution < -0.4 is 10.6 Å². The first-order chi connectivity index (χ1) is 11.6. The van der Waals surface area contributed by atoms with Gasteiger partial charge in [-0.2, -0.15) is 0 Å². The van der Waals surface area contributed by atoms with Gasteiger partial charge in [-0.3, -0.25) is 4.99 Å². The lowest BCUT2D eigenvalue weighted by Gasteiger charge is -2.23. The number of aliphatic imine (C=N–C) groups is 1. The van der Waals surface area contributed by atoms with Gasteiger partial charge in [0.2, 0.25) is 0 Å². The van der Waals surface area contributed by atoms with Crippen LogP contribution in [0.5, 0.6) is 0 Å². The summed E-state index contributed by atoms with van der Waals surface area (Å²) in [6, 6.07) is 4.80. The van der Waals surface area contributed by atoms with Crippen LogP contribution in [0.4, 0.5) is 4.39 Å². The number of aromatic nitrogens is 1. The normalized spacial score (nSPS) is 16.7. The fourth-order valence-corrected chi connectivity index (χ4v) is 3.36. The summed E-state index contributed by atoms with van der Waals surface area (Å²) in [7, 11) is 1.72. The molecule has 0 atom stereocenters. The molecule has 3 rings (SSSR count). The van der Waals surface area contributed by atoms with Crippen molar-refractivity contribution in [1.82, 2.24) is 15.6 Å². The van der Waals surface area contributed by atoms with Crippen molar-refractivity contribution in [2.24, 2.45) is 4.99 Å². The van der Waals surface area contributed by atoms with Crippen molar-refractivity contribution in [3.63, 3.8) is 0 Å². The molecule has 0 amide bonds. The molecular formula is C18H26FIN4O. The third kappa shape index (κ3) is 5.07. The number of guanidine groups is 1. The molecule has 0 radical (unpaired) electrons. The molecule has 1 aliphatic carbocycles. The molecule has 138 valence electrons. The van der Waals surface area contributed by atoms with Gasteiger partial charge in [0.25, 0.3) is 0 Å². The summed E-state index contributed by atoms with van der Waals surface area (Å²) in [5.41, 5.74) is 1.36. The quantitative estimate of drug-likeness (QED) is 0.315. The number of aliphatic hydroxyl groups is 1. The second-order valence-corrected chi connectivity index (χ2v) is 6.54. The predicted octanol–water partition coefficient (Wildman–Crippen LogP) is 2.94. The Bertz CT molecular complexity index is 725. The van der Waals surface area contributed by atoms with E-state index < -0.39 is 5.60 Å². The highest BCUT2D eigenvalue weighted by Crippen LogP contribution is 2.28. The van der Waals surface area contributed by atoms with Crippen molar-refractivity contribution in [2.75, 3.05) is 20.1 Å². The van der Waals surface area contributed by atoms with Crippen molar-refractivity contribution in [1.29, 1.82) is 0 Å². The van der Waals surface area contributed by atoms with Crippen molar-refractivity contribution in [2.45, 2.75) is 37.7 Å². The maximum Gasteiger partial charge on any atom is 0.191 e. The molecule has 0 aliphatic heterocycles. The minimum absolute atomic E-state index is 0. The van der Waals surface area contributed by atoms with E-state index in [0.29, 0.717) is 19.0 Å². The van der Waals surface area contributed by atoms with E-state index in [0.717, 1.165) is 48.6 Å². The highest BCUT2D eigenvalue weighted by molar-refractivity contribution is 14.0. The van der Waals surface area contributed by atoms with Gasteiger partial charge in [-0.05, 0) is 43.0 Å². The Morgan fingerprint density at radius 3 is 2.80 bits per heavy atom. The molecule has 5 nitrogen and oxygen atoms in total. The van der Waals surface area contributed by atoms with Gasteiger partial charge in [-0.1, -0.05) is 12.8 Å². The molecule has 0 spiro atoms. The van der Waals surface area contributed by atoms with Crippen LogP contribution in [0.15, 0.2) is 29.4 Å². The van der Waals surface area contributed by atoms with Crippen molar-refractivity contribution >= 4 is 40.8 Å². The lowest BCUT2D eigenvalue weighted by Crippen LogP contribution is -2.46. The summed E-state index contributed by atoms with van der Waals surface area (Å²) >= 11 is 0. The molecule has 1 fully saturated rings. The Balaban J connectivity index is 0.00000225. The van der Waals surface area contributed by atoms with Crippen molar-refractivity contribution in [3.8, 4) is 0 Å². The van der Waals surface area contributed by atoms with E-state index in [2.05, 4.69) is 20.6 Å². The molecule has 25 heavy (non-hydrogen) atoms. The molecule has 1 heterocycles. The van der Waals surface area contributed by atoms with E-state index >= 15 is 0 Å². The number of nitrogens with one attached hydrogen (secondary N) is 3. The topological polar surface area (TPSA) is 72.4 Å². The average Bonchev–Trinajstić information content (AvgIpc) is 3.17. The first-order valence-electron chi connectivity index (χ1n) is 8.52. The Hall–Kier alpha value is -1.35. The molecule has 7 heteroatoms. The Labute approximate surface area is 164 Å². The van der Waals surface area contributed by atoms with Crippen molar-refractivity contribution < 1.29 is 9.50 Å². The molecule has 1 aromatic carbocycles.